The third-order valence-electron chi connectivity index (χ3n) is 6.48. The molecule has 3 heterocycles. The number of pyridine rings is 1. The number of rotatable bonds is 10. The minimum absolute atomic E-state index is 0.137. The van der Waals surface area contributed by atoms with E-state index >= 15 is 0 Å². The molecule has 0 spiro atoms. The van der Waals surface area contributed by atoms with E-state index in [4.69, 9.17) is 4.74 Å². The summed E-state index contributed by atoms with van der Waals surface area (Å²) < 4.78 is 73.2. The quantitative estimate of drug-likeness (QED) is 0.244. The SMILES string of the molecule is C=CC(=O)Nc1cccc(Nc2nc(Nc3ccc(N4CCN(S(=O)(=O)C(C)C)CC4)nc3OC)ncc2C(F)(F)F)c1.CC. The van der Waals surface area contributed by atoms with Gasteiger partial charge in [-0.05, 0) is 50.3 Å². The third kappa shape index (κ3) is 8.82. The van der Waals surface area contributed by atoms with Crippen molar-refractivity contribution in [3.63, 3.8) is 0 Å². The van der Waals surface area contributed by atoms with Gasteiger partial charge in [-0.25, -0.2) is 13.4 Å². The van der Waals surface area contributed by atoms with Crippen molar-refractivity contribution in [1.82, 2.24) is 19.3 Å². The Kier molecular flexibility index (Phi) is 11.7. The average molecular weight is 651 g/mol. The molecule has 244 valence electrons. The van der Waals surface area contributed by atoms with Crippen molar-refractivity contribution in [1.29, 1.82) is 0 Å². The molecule has 0 atom stereocenters. The van der Waals surface area contributed by atoms with Gasteiger partial charge in [0.2, 0.25) is 27.8 Å². The van der Waals surface area contributed by atoms with Gasteiger partial charge in [-0.2, -0.15) is 27.4 Å². The Labute approximate surface area is 260 Å². The van der Waals surface area contributed by atoms with Crippen LogP contribution in [0, 0.1) is 0 Å². The summed E-state index contributed by atoms with van der Waals surface area (Å²) in [6.45, 7) is 12.1. The topological polar surface area (TPSA) is 142 Å². The maximum Gasteiger partial charge on any atom is 0.421 e. The van der Waals surface area contributed by atoms with Crippen molar-refractivity contribution >= 4 is 50.6 Å². The van der Waals surface area contributed by atoms with Gasteiger partial charge in [0.05, 0.1) is 12.4 Å². The van der Waals surface area contributed by atoms with Gasteiger partial charge in [0.1, 0.15) is 22.9 Å². The summed E-state index contributed by atoms with van der Waals surface area (Å²) in [5, 5.41) is 7.53. The predicted molar refractivity (Wildman–Crippen MR) is 169 cm³/mol. The molecule has 4 rings (SSSR count). The molecule has 1 saturated heterocycles. The summed E-state index contributed by atoms with van der Waals surface area (Å²) in [6, 6.07) is 9.39. The monoisotopic (exact) mass is 650 g/mol. The van der Waals surface area contributed by atoms with Crippen LogP contribution < -0.4 is 25.6 Å². The van der Waals surface area contributed by atoms with E-state index in [1.807, 2.05) is 18.7 Å². The lowest BCUT2D eigenvalue weighted by atomic mass is 10.2. The molecule has 2 aromatic heterocycles. The molecular weight excluding hydrogens is 613 g/mol. The van der Waals surface area contributed by atoms with Gasteiger partial charge in [-0.3, -0.25) is 4.79 Å². The summed E-state index contributed by atoms with van der Waals surface area (Å²) in [6.07, 6.45) is -3.03. The number of carbonyl (C=O) groups excluding carboxylic acids is 1. The molecule has 1 aliphatic rings. The molecule has 3 aromatic rings. The minimum atomic E-state index is -4.76. The van der Waals surface area contributed by atoms with E-state index in [0.29, 0.717) is 49.6 Å². The number of nitrogens with one attached hydrogen (secondary N) is 3. The number of hydrogen-bond acceptors (Lipinski definition) is 10. The standard InChI is InChI=1S/C27H31F3N8O4S.C2H6/c1-5-23(39)32-18-7-6-8-19(15-18)33-24-20(27(28,29)30)16-31-26(36-24)34-21-9-10-22(35-25(21)42-4)37-11-13-38(14-12-37)43(40,41)17(2)3;1-2/h5-10,15-17H,1,11-14H2,2-4H3,(H,32,39)(H2,31,33,34,36);1-2H3. The lowest BCUT2D eigenvalue weighted by Crippen LogP contribution is -2.50. The number of methoxy groups -OCH3 is 1. The molecule has 12 nitrogen and oxygen atoms in total. The molecule has 0 radical (unpaired) electrons. The first-order valence-corrected chi connectivity index (χ1v) is 15.6. The van der Waals surface area contributed by atoms with E-state index in [-0.39, 0.29) is 17.5 Å². The van der Waals surface area contributed by atoms with E-state index in [2.05, 4.69) is 37.5 Å². The van der Waals surface area contributed by atoms with Crippen molar-refractivity contribution < 1.29 is 31.1 Å². The van der Waals surface area contributed by atoms with Gasteiger partial charge in [0.25, 0.3) is 0 Å². The van der Waals surface area contributed by atoms with Crippen LogP contribution in [0.5, 0.6) is 5.88 Å². The number of sulfonamides is 1. The van der Waals surface area contributed by atoms with Crippen LogP contribution in [0.2, 0.25) is 0 Å². The fourth-order valence-electron chi connectivity index (χ4n) is 4.20. The first-order valence-electron chi connectivity index (χ1n) is 14.1. The highest BCUT2D eigenvalue weighted by atomic mass is 32.2. The number of hydrogen-bond donors (Lipinski definition) is 3. The van der Waals surface area contributed by atoms with E-state index in [9.17, 15) is 26.4 Å². The largest absolute Gasteiger partial charge is 0.479 e. The van der Waals surface area contributed by atoms with Crippen LogP contribution in [0.3, 0.4) is 0 Å². The number of anilines is 6. The average Bonchev–Trinajstić information content (AvgIpc) is 3.02. The Bertz CT molecular complexity index is 1590. The Hall–Kier alpha value is -4.44. The first kappa shape index (κ1) is 35.0. The zero-order valence-electron chi connectivity index (χ0n) is 25.6. The van der Waals surface area contributed by atoms with Gasteiger partial charge < -0.3 is 25.6 Å². The second-order valence-electron chi connectivity index (χ2n) is 9.68. The van der Waals surface area contributed by atoms with Crippen LogP contribution in [0.4, 0.5) is 47.8 Å². The maximum atomic E-state index is 13.8. The van der Waals surface area contributed by atoms with Gasteiger partial charge in [-0.15, -0.1) is 0 Å². The first-order chi connectivity index (χ1) is 21.3. The number of alkyl halides is 3. The number of benzene rings is 1. The zero-order valence-corrected chi connectivity index (χ0v) is 26.5. The molecule has 0 aliphatic carbocycles. The molecule has 45 heavy (non-hydrogen) atoms. The predicted octanol–water partition coefficient (Wildman–Crippen LogP) is 5.40. The normalized spacial score (nSPS) is 13.8. The van der Waals surface area contributed by atoms with Crippen LogP contribution in [-0.2, 0) is 21.0 Å². The van der Waals surface area contributed by atoms with Crippen molar-refractivity contribution in [2.45, 2.75) is 39.1 Å². The number of nitrogens with zero attached hydrogens (tertiary/aromatic N) is 5. The summed E-state index contributed by atoms with van der Waals surface area (Å²) in [4.78, 5) is 25.9. The molecule has 1 aliphatic heterocycles. The third-order valence-corrected chi connectivity index (χ3v) is 8.75. The van der Waals surface area contributed by atoms with Crippen molar-refractivity contribution in [3.8, 4) is 5.88 Å². The number of ether oxygens (including phenoxy) is 1. The minimum Gasteiger partial charge on any atom is -0.479 e. The van der Waals surface area contributed by atoms with Crippen LogP contribution in [0.25, 0.3) is 0 Å². The molecule has 1 aromatic carbocycles. The van der Waals surface area contributed by atoms with Crippen molar-refractivity contribution in [3.05, 3.63) is 60.8 Å². The molecular formula is C29H37F3N8O4S. The number of piperazine rings is 1. The van der Waals surface area contributed by atoms with E-state index < -0.39 is 38.7 Å². The molecule has 0 saturated carbocycles. The van der Waals surface area contributed by atoms with Crippen LogP contribution in [0.1, 0.15) is 33.3 Å². The Morgan fingerprint density at radius 3 is 2.31 bits per heavy atom. The van der Waals surface area contributed by atoms with E-state index in [1.54, 1.807) is 38.1 Å². The van der Waals surface area contributed by atoms with E-state index in [0.717, 1.165) is 6.08 Å². The number of carbonyl (C=O) groups is 1. The van der Waals surface area contributed by atoms with Gasteiger partial charge in [-0.1, -0.05) is 26.5 Å². The van der Waals surface area contributed by atoms with Gasteiger partial charge in [0, 0.05) is 43.8 Å². The van der Waals surface area contributed by atoms with Gasteiger partial charge in [0.15, 0.2) is 0 Å². The number of aromatic nitrogens is 3. The summed E-state index contributed by atoms with van der Waals surface area (Å²) >= 11 is 0. The fraction of sp³-hybridized carbons (Fsp3) is 0.379. The Balaban J connectivity index is 0.00000271. The molecule has 0 unspecified atom stereocenters. The Morgan fingerprint density at radius 2 is 1.71 bits per heavy atom. The summed E-state index contributed by atoms with van der Waals surface area (Å²) in [7, 11) is -1.97. The second-order valence-corrected chi connectivity index (χ2v) is 12.2. The van der Waals surface area contributed by atoms with Crippen LogP contribution in [0.15, 0.2) is 55.3 Å². The summed E-state index contributed by atoms with van der Waals surface area (Å²) in [5.41, 5.74) is -0.221. The van der Waals surface area contributed by atoms with E-state index in [1.165, 1.54) is 23.5 Å². The van der Waals surface area contributed by atoms with Crippen molar-refractivity contribution in [2.75, 3.05) is 54.1 Å². The zero-order chi connectivity index (χ0) is 33.4. The highest BCUT2D eigenvalue weighted by Crippen LogP contribution is 2.36. The Morgan fingerprint density at radius 1 is 1.04 bits per heavy atom. The highest BCUT2D eigenvalue weighted by Gasteiger charge is 2.35. The highest BCUT2D eigenvalue weighted by molar-refractivity contribution is 7.89. The second kappa shape index (κ2) is 15.0. The lowest BCUT2D eigenvalue weighted by molar-refractivity contribution is -0.137. The number of halogens is 3. The van der Waals surface area contributed by atoms with Gasteiger partial charge >= 0.3 is 6.18 Å². The van der Waals surface area contributed by atoms with Crippen molar-refractivity contribution in [2.24, 2.45) is 0 Å². The van der Waals surface area contributed by atoms with Crippen LogP contribution in [-0.4, -0.2) is 72.1 Å². The molecule has 1 amide bonds. The molecule has 16 heteroatoms. The fourth-order valence-corrected chi connectivity index (χ4v) is 5.47. The number of amides is 1. The molecule has 1 fully saturated rings. The smallest absolute Gasteiger partial charge is 0.421 e. The van der Waals surface area contributed by atoms with Crippen LogP contribution >= 0.6 is 0 Å². The lowest BCUT2D eigenvalue weighted by Gasteiger charge is -2.35. The molecule has 3 N–H and O–H groups in total. The molecule has 0 bridgehead atoms. The maximum absolute atomic E-state index is 13.8. The summed E-state index contributed by atoms with van der Waals surface area (Å²) in [5.74, 6) is -0.472.